The Morgan fingerprint density at radius 2 is 0.833 bits per heavy atom. The third-order valence-corrected chi connectivity index (χ3v) is 13.6. The molecule has 0 spiro atoms. The number of fused-ring (bicyclic) bond motifs is 7. The summed E-state index contributed by atoms with van der Waals surface area (Å²) in [5.74, 6) is 0.688. The molecule has 3 heteroatoms. The molecule has 0 unspecified atom stereocenters. The Bertz CT molecular complexity index is 3760. The van der Waals surface area contributed by atoms with Gasteiger partial charge in [-0.2, -0.15) is 0 Å². The van der Waals surface area contributed by atoms with Crippen molar-refractivity contribution >= 4 is 32.7 Å². The van der Waals surface area contributed by atoms with Crippen molar-refractivity contribution in [1.82, 2.24) is 9.97 Å². The first-order valence-electron chi connectivity index (χ1n) is 22.6. The van der Waals surface area contributed by atoms with Crippen molar-refractivity contribution in [3.8, 4) is 67.3 Å². The zero-order valence-electron chi connectivity index (χ0n) is 35.9. The van der Waals surface area contributed by atoms with Crippen LogP contribution in [0, 0.1) is 0 Å². The summed E-state index contributed by atoms with van der Waals surface area (Å²) >= 11 is 0. The largest absolute Gasteiger partial charge is 0.456 e. The van der Waals surface area contributed by atoms with Gasteiger partial charge in [0.25, 0.3) is 0 Å². The lowest BCUT2D eigenvalue weighted by Crippen LogP contribution is -2.29. The first-order chi connectivity index (χ1) is 32.7. The van der Waals surface area contributed by atoms with E-state index in [0.717, 1.165) is 55.6 Å². The van der Waals surface area contributed by atoms with Crippen LogP contribution in [0.4, 0.5) is 0 Å². The van der Waals surface area contributed by atoms with Gasteiger partial charge in [0, 0.05) is 27.5 Å². The average molecular weight is 841 g/mol. The fraction of sp³-hybridized carbons (Fsp3) is 0.0159. The highest BCUT2D eigenvalue weighted by atomic mass is 16.3. The fourth-order valence-corrected chi connectivity index (χ4v) is 10.7. The SMILES string of the molecule is c1ccc(-c2nc(-c3ccc(-c4ccc(-c5ccc6oc7ccccc7c6c5)c5ccccc45)cc3)cc(-c3cccc4c3C(c3ccccc3)(c3ccccc3)c3ccccc3-4)n2)cc1. The lowest BCUT2D eigenvalue weighted by molar-refractivity contribution is 0.669. The summed E-state index contributed by atoms with van der Waals surface area (Å²) in [4.78, 5) is 10.7. The maximum Gasteiger partial charge on any atom is 0.160 e. The summed E-state index contributed by atoms with van der Waals surface area (Å²) in [6.07, 6.45) is 0. The second-order valence-electron chi connectivity index (χ2n) is 17.2. The van der Waals surface area contributed by atoms with Crippen LogP contribution in [0.1, 0.15) is 22.3 Å². The molecule has 10 aromatic carbocycles. The molecule has 0 atom stereocenters. The average Bonchev–Trinajstić information content (AvgIpc) is 3.93. The molecule has 0 bridgehead atoms. The first-order valence-corrected chi connectivity index (χ1v) is 22.6. The quantitative estimate of drug-likeness (QED) is 0.160. The van der Waals surface area contributed by atoms with Crippen LogP contribution in [-0.2, 0) is 5.41 Å². The summed E-state index contributed by atoms with van der Waals surface area (Å²) in [5.41, 5.74) is 18.1. The topological polar surface area (TPSA) is 38.9 Å². The van der Waals surface area contributed by atoms with Crippen molar-refractivity contribution in [1.29, 1.82) is 0 Å². The minimum Gasteiger partial charge on any atom is -0.456 e. The van der Waals surface area contributed by atoms with E-state index in [1.165, 1.54) is 60.8 Å². The van der Waals surface area contributed by atoms with Crippen molar-refractivity contribution < 1.29 is 4.42 Å². The van der Waals surface area contributed by atoms with Crippen molar-refractivity contribution in [2.45, 2.75) is 5.41 Å². The Labute approximate surface area is 383 Å². The molecular weight excluding hydrogens is 801 g/mol. The van der Waals surface area contributed by atoms with Crippen LogP contribution in [-0.4, -0.2) is 9.97 Å². The molecule has 2 heterocycles. The molecule has 2 aromatic heterocycles. The Balaban J connectivity index is 0.954. The van der Waals surface area contributed by atoms with Gasteiger partial charge in [-0.1, -0.05) is 218 Å². The molecular formula is C63H40N2O. The lowest BCUT2D eigenvalue weighted by atomic mass is 9.66. The Hall–Kier alpha value is -8.66. The molecule has 0 N–H and O–H groups in total. The minimum absolute atomic E-state index is 0.580. The number of hydrogen-bond donors (Lipinski definition) is 0. The number of benzene rings is 10. The maximum absolute atomic E-state index is 6.17. The summed E-state index contributed by atoms with van der Waals surface area (Å²) < 4.78 is 6.17. The van der Waals surface area contributed by atoms with Gasteiger partial charge in [0.1, 0.15) is 11.2 Å². The number of para-hydroxylation sites is 1. The second-order valence-corrected chi connectivity index (χ2v) is 17.2. The van der Waals surface area contributed by atoms with Crippen LogP contribution < -0.4 is 0 Å². The highest BCUT2D eigenvalue weighted by Crippen LogP contribution is 2.58. The first kappa shape index (κ1) is 37.9. The third kappa shape index (κ3) is 5.91. The number of rotatable bonds is 7. The number of hydrogen-bond acceptors (Lipinski definition) is 3. The van der Waals surface area contributed by atoms with E-state index in [0.29, 0.717) is 5.82 Å². The number of aromatic nitrogens is 2. The van der Waals surface area contributed by atoms with Gasteiger partial charge >= 0.3 is 0 Å². The predicted octanol–water partition coefficient (Wildman–Crippen LogP) is 16.2. The normalized spacial score (nSPS) is 12.7. The van der Waals surface area contributed by atoms with Crippen molar-refractivity contribution in [2.24, 2.45) is 0 Å². The highest BCUT2D eigenvalue weighted by molar-refractivity contribution is 6.09. The van der Waals surface area contributed by atoms with Crippen molar-refractivity contribution in [3.05, 3.63) is 265 Å². The summed E-state index contributed by atoms with van der Waals surface area (Å²) in [6, 6.07) is 87.0. The van der Waals surface area contributed by atoms with E-state index in [9.17, 15) is 0 Å². The fourth-order valence-electron chi connectivity index (χ4n) is 10.7. The van der Waals surface area contributed by atoms with E-state index in [1.807, 2.05) is 18.2 Å². The molecule has 308 valence electrons. The van der Waals surface area contributed by atoms with Gasteiger partial charge in [-0.3, -0.25) is 0 Å². The molecule has 0 fully saturated rings. The minimum atomic E-state index is -0.580. The second kappa shape index (κ2) is 15.3. The molecule has 3 nitrogen and oxygen atoms in total. The molecule has 1 aliphatic rings. The molecule has 1 aliphatic carbocycles. The van der Waals surface area contributed by atoms with E-state index < -0.39 is 5.41 Å². The summed E-state index contributed by atoms with van der Waals surface area (Å²) in [5, 5.41) is 4.67. The third-order valence-electron chi connectivity index (χ3n) is 13.6. The summed E-state index contributed by atoms with van der Waals surface area (Å²) in [7, 11) is 0. The van der Waals surface area contributed by atoms with Crippen LogP contribution in [0.5, 0.6) is 0 Å². The van der Waals surface area contributed by atoms with Gasteiger partial charge in [-0.15, -0.1) is 0 Å². The van der Waals surface area contributed by atoms with Crippen molar-refractivity contribution in [3.63, 3.8) is 0 Å². The van der Waals surface area contributed by atoms with E-state index in [-0.39, 0.29) is 0 Å². The Morgan fingerprint density at radius 3 is 1.56 bits per heavy atom. The molecule has 0 amide bonds. The van der Waals surface area contributed by atoms with Crippen LogP contribution in [0.2, 0.25) is 0 Å². The van der Waals surface area contributed by atoms with E-state index >= 15 is 0 Å². The van der Waals surface area contributed by atoms with Crippen LogP contribution >= 0.6 is 0 Å². The van der Waals surface area contributed by atoms with Gasteiger partial charge in [0.15, 0.2) is 5.82 Å². The van der Waals surface area contributed by atoms with Gasteiger partial charge < -0.3 is 4.42 Å². The molecule has 0 radical (unpaired) electrons. The number of nitrogens with zero attached hydrogens (tertiary/aromatic N) is 2. The lowest BCUT2D eigenvalue weighted by Gasteiger charge is -2.35. The van der Waals surface area contributed by atoms with E-state index in [4.69, 9.17) is 14.4 Å². The summed E-state index contributed by atoms with van der Waals surface area (Å²) in [6.45, 7) is 0. The van der Waals surface area contributed by atoms with Gasteiger partial charge in [0.2, 0.25) is 0 Å². The molecule has 0 aliphatic heterocycles. The maximum atomic E-state index is 6.17. The van der Waals surface area contributed by atoms with Gasteiger partial charge in [-0.25, -0.2) is 9.97 Å². The standard InChI is InChI=1S/C63H40N2O/c1-4-17-43(18-5-1)62-64-57(40-58(65-62)54-28-16-27-53-51-25-12-14-29-56(51)63(61(53)54,45-19-6-2-7-20-45)46-21-8-3-9-22-46)42-33-31-41(32-34-42)47-36-37-48(50-24-11-10-23-49(47)50)44-35-38-60-55(39-44)52-26-13-15-30-59(52)66-60/h1-40H. The molecule has 13 rings (SSSR count). The Morgan fingerprint density at radius 1 is 0.303 bits per heavy atom. The smallest absolute Gasteiger partial charge is 0.160 e. The van der Waals surface area contributed by atoms with Crippen LogP contribution in [0.25, 0.3) is 100.0 Å². The molecule has 12 aromatic rings. The van der Waals surface area contributed by atoms with Gasteiger partial charge in [-0.05, 0) is 90.7 Å². The van der Waals surface area contributed by atoms with E-state index in [1.54, 1.807) is 0 Å². The molecule has 0 saturated carbocycles. The van der Waals surface area contributed by atoms with Crippen molar-refractivity contribution in [2.75, 3.05) is 0 Å². The zero-order chi connectivity index (χ0) is 43.6. The molecule has 66 heavy (non-hydrogen) atoms. The van der Waals surface area contributed by atoms with Crippen LogP contribution in [0.3, 0.4) is 0 Å². The predicted molar refractivity (Wildman–Crippen MR) is 271 cm³/mol. The zero-order valence-corrected chi connectivity index (χ0v) is 35.9. The molecule has 0 saturated heterocycles. The highest BCUT2D eigenvalue weighted by Gasteiger charge is 2.47. The number of furan rings is 1. The van der Waals surface area contributed by atoms with E-state index in [2.05, 4.69) is 224 Å². The van der Waals surface area contributed by atoms with Crippen LogP contribution in [0.15, 0.2) is 247 Å². The monoisotopic (exact) mass is 840 g/mol. The Kier molecular flexibility index (Phi) is 8.75. The van der Waals surface area contributed by atoms with Gasteiger partial charge in [0.05, 0.1) is 16.8 Å².